The van der Waals surface area contributed by atoms with E-state index in [1.54, 1.807) is 6.07 Å². The zero-order valence-electron chi connectivity index (χ0n) is 12.2. The van der Waals surface area contributed by atoms with Crippen molar-refractivity contribution in [3.8, 4) is 5.75 Å². The number of hydrogen-bond donors (Lipinski definition) is 1. The quantitative estimate of drug-likeness (QED) is 0.927. The normalized spacial score (nSPS) is 15.9. The summed E-state index contributed by atoms with van der Waals surface area (Å²) in [4.78, 5) is 13.3. The summed E-state index contributed by atoms with van der Waals surface area (Å²) in [6.07, 6.45) is 0. The Morgan fingerprint density at radius 2 is 2.00 bits per heavy atom. The minimum atomic E-state index is -1.04. The van der Waals surface area contributed by atoms with Crippen molar-refractivity contribution in [1.29, 1.82) is 0 Å². The molecular formula is C15H20ClNO3. The average molecular weight is 298 g/mol. The van der Waals surface area contributed by atoms with Crippen molar-refractivity contribution in [3.63, 3.8) is 0 Å². The molecule has 1 aliphatic heterocycles. The van der Waals surface area contributed by atoms with Crippen LogP contribution in [-0.2, 0) is 0 Å². The highest BCUT2D eigenvalue weighted by atomic mass is 35.5. The average Bonchev–Trinajstić information content (AvgIpc) is 2.26. The van der Waals surface area contributed by atoms with Gasteiger partial charge in [-0.05, 0) is 17.4 Å². The molecule has 20 heavy (non-hydrogen) atoms. The molecule has 0 atom stereocenters. The minimum Gasteiger partial charge on any atom is -0.496 e. The molecule has 0 aliphatic carbocycles. The molecule has 1 fully saturated rings. The van der Waals surface area contributed by atoms with Crippen molar-refractivity contribution in [1.82, 2.24) is 0 Å². The van der Waals surface area contributed by atoms with Gasteiger partial charge in [0, 0.05) is 19.2 Å². The smallest absolute Gasteiger partial charge is 0.339 e. The van der Waals surface area contributed by atoms with Gasteiger partial charge in [0.1, 0.15) is 11.3 Å². The summed E-state index contributed by atoms with van der Waals surface area (Å²) >= 11 is 6.21. The number of benzene rings is 1. The van der Waals surface area contributed by atoms with E-state index in [1.165, 1.54) is 13.2 Å². The van der Waals surface area contributed by atoms with Crippen LogP contribution >= 0.6 is 11.6 Å². The van der Waals surface area contributed by atoms with E-state index < -0.39 is 5.97 Å². The molecule has 0 unspecified atom stereocenters. The predicted octanol–water partition coefficient (Wildman–Crippen LogP) is 3.53. The van der Waals surface area contributed by atoms with Crippen LogP contribution in [0.2, 0.25) is 5.02 Å². The zero-order valence-corrected chi connectivity index (χ0v) is 13.0. The molecule has 1 heterocycles. The van der Waals surface area contributed by atoms with Gasteiger partial charge in [-0.3, -0.25) is 0 Å². The van der Waals surface area contributed by atoms with Crippen molar-refractivity contribution in [2.75, 3.05) is 25.1 Å². The lowest BCUT2D eigenvalue weighted by Gasteiger charge is -2.48. The number of ether oxygens (including phenoxy) is 1. The molecule has 4 nitrogen and oxygen atoms in total. The maximum Gasteiger partial charge on any atom is 0.339 e. The van der Waals surface area contributed by atoms with Gasteiger partial charge < -0.3 is 14.7 Å². The minimum absolute atomic E-state index is 0.0918. The highest BCUT2D eigenvalue weighted by molar-refractivity contribution is 6.33. The summed E-state index contributed by atoms with van der Waals surface area (Å²) in [5, 5.41) is 9.57. The van der Waals surface area contributed by atoms with E-state index >= 15 is 0 Å². The Kier molecular flexibility index (Phi) is 3.87. The van der Waals surface area contributed by atoms with Gasteiger partial charge in [0.15, 0.2) is 0 Å². The predicted molar refractivity (Wildman–Crippen MR) is 80.1 cm³/mol. The number of nitrogens with zero attached hydrogens (tertiary/aromatic N) is 1. The van der Waals surface area contributed by atoms with E-state index in [9.17, 15) is 4.79 Å². The number of rotatable bonds is 3. The number of aromatic carboxylic acids is 1. The molecule has 0 radical (unpaired) electrons. The van der Waals surface area contributed by atoms with Gasteiger partial charge >= 0.3 is 5.97 Å². The van der Waals surface area contributed by atoms with E-state index in [1.807, 2.05) is 0 Å². The van der Waals surface area contributed by atoms with Gasteiger partial charge in [-0.15, -0.1) is 0 Å². The van der Waals surface area contributed by atoms with E-state index in [2.05, 4.69) is 25.7 Å². The van der Waals surface area contributed by atoms with E-state index in [4.69, 9.17) is 21.4 Å². The van der Waals surface area contributed by atoms with Crippen LogP contribution in [0, 0.1) is 11.3 Å². The zero-order chi connectivity index (χ0) is 15.1. The molecule has 1 saturated heterocycles. The number of halogens is 1. The highest BCUT2D eigenvalue weighted by Crippen LogP contribution is 2.41. The van der Waals surface area contributed by atoms with Crippen LogP contribution in [0.4, 0.5) is 5.69 Å². The summed E-state index contributed by atoms with van der Waals surface area (Å²) in [5.74, 6) is -0.0775. The third-order valence-electron chi connectivity index (χ3n) is 3.95. The third kappa shape index (κ3) is 2.70. The molecule has 1 aromatic carbocycles. The molecule has 0 bridgehead atoms. The highest BCUT2D eigenvalue weighted by Gasteiger charge is 2.36. The number of methoxy groups -OCH3 is 1. The van der Waals surface area contributed by atoms with Gasteiger partial charge in [-0.25, -0.2) is 4.79 Å². The summed E-state index contributed by atoms with van der Waals surface area (Å²) in [5.41, 5.74) is 1.21. The van der Waals surface area contributed by atoms with E-state index in [0.717, 1.165) is 18.8 Å². The molecule has 1 aromatic rings. The van der Waals surface area contributed by atoms with Gasteiger partial charge in [-0.2, -0.15) is 0 Å². The lowest BCUT2D eigenvalue weighted by Crippen LogP contribution is -2.52. The Morgan fingerprint density at radius 3 is 2.45 bits per heavy atom. The summed E-state index contributed by atoms with van der Waals surface area (Å²) in [6.45, 7) is 8.54. The maximum absolute atomic E-state index is 11.1. The lowest BCUT2D eigenvalue weighted by atomic mass is 9.76. The largest absolute Gasteiger partial charge is 0.496 e. The van der Waals surface area contributed by atoms with E-state index in [0.29, 0.717) is 16.7 Å². The first-order chi connectivity index (χ1) is 9.24. The third-order valence-corrected chi connectivity index (χ3v) is 4.25. The Morgan fingerprint density at radius 1 is 1.40 bits per heavy atom. The van der Waals surface area contributed by atoms with Crippen LogP contribution in [0.25, 0.3) is 0 Å². The van der Waals surface area contributed by atoms with Gasteiger partial charge in [0.25, 0.3) is 0 Å². The van der Waals surface area contributed by atoms with Crippen LogP contribution in [0.3, 0.4) is 0 Å². The summed E-state index contributed by atoms with van der Waals surface area (Å²) < 4.78 is 5.15. The van der Waals surface area contributed by atoms with Crippen LogP contribution in [0.1, 0.15) is 31.1 Å². The molecule has 1 aliphatic rings. The fourth-order valence-electron chi connectivity index (χ4n) is 2.34. The first-order valence-electron chi connectivity index (χ1n) is 6.60. The molecule has 1 N–H and O–H groups in total. The van der Waals surface area contributed by atoms with Crippen molar-refractivity contribution < 1.29 is 14.6 Å². The second-order valence-corrected chi connectivity index (χ2v) is 6.68. The number of anilines is 1. The molecule has 0 aromatic heterocycles. The Balaban J connectivity index is 2.25. The number of carbonyl (C=O) groups is 1. The fraction of sp³-hybridized carbons (Fsp3) is 0.533. The fourth-order valence-corrected chi connectivity index (χ4v) is 2.63. The van der Waals surface area contributed by atoms with Gasteiger partial charge in [0.2, 0.25) is 0 Å². The molecule has 0 saturated carbocycles. The van der Waals surface area contributed by atoms with E-state index in [-0.39, 0.29) is 11.0 Å². The first-order valence-corrected chi connectivity index (χ1v) is 6.97. The van der Waals surface area contributed by atoms with Crippen LogP contribution in [0.15, 0.2) is 12.1 Å². The maximum atomic E-state index is 11.1. The van der Waals surface area contributed by atoms with Crippen LogP contribution < -0.4 is 9.64 Å². The first kappa shape index (κ1) is 15.0. The van der Waals surface area contributed by atoms with Crippen LogP contribution in [0.5, 0.6) is 5.75 Å². The monoisotopic (exact) mass is 297 g/mol. The Bertz CT molecular complexity index is 531. The molecule has 110 valence electrons. The summed E-state index contributed by atoms with van der Waals surface area (Å²) in [7, 11) is 1.47. The number of carboxylic acid groups (broad SMARTS) is 1. The lowest BCUT2D eigenvalue weighted by molar-refractivity contribution is 0.0693. The second-order valence-electron chi connectivity index (χ2n) is 6.28. The molecule has 0 amide bonds. The summed E-state index contributed by atoms with van der Waals surface area (Å²) in [6, 6.07) is 3.17. The van der Waals surface area contributed by atoms with Crippen molar-refractivity contribution >= 4 is 23.3 Å². The standard InChI is InChI=1S/C15H20ClNO3/c1-15(2,3)9-7-17(8-9)12-6-13(20-4)10(14(18)19)5-11(12)16/h5-6,9H,7-8H2,1-4H3,(H,18,19). The second kappa shape index (κ2) is 5.17. The van der Waals surface area contributed by atoms with Crippen LogP contribution in [-0.4, -0.2) is 31.3 Å². The van der Waals surface area contributed by atoms with Crippen molar-refractivity contribution in [3.05, 3.63) is 22.7 Å². The molecule has 2 rings (SSSR count). The van der Waals surface area contributed by atoms with Gasteiger partial charge in [0.05, 0.1) is 17.8 Å². The molecule has 0 spiro atoms. The Hall–Kier alpha value is -1.42. The van der Waals surface area contributed by atoms with Crippen molar-refractivity contribution in [2.45, 2.75) is 20.8 Å². The number of hydrogen-bond acceptors (Lipinski definition) is 3. The molecule has 5 heteroatoms. The van der Waals surface area contributed by atoms with Crippen molar-refractivity contribution in [2.24, 2.45) is 11.3 Å². The van der Waals surface area contributed by atoms with Gasteiger partial charge in [-0.1, -0.05) is 32.4 Å². The molecular weight excluding hydrogens is 278 g/mol. The Labute approximate surface area is 124 Å². The SMILES string of the molecule is COc1cc(N2CC(C(C)(C)C)C2)c(Cl)cc1C(=O)O. The number of carboxylic acids is 1. The topological polar surface area (TPSA) is 49.8 Å².